The fourth-order valence-corrected chi connectivity index (χ4v) is 3.59. The van der Waals surface area contributed by atoms with Crippen LogP contribution in [0.25, 0.3) is 10.9 Å². The smallest absolute Gasteiger partial charge is 0.226 e. The Morgan fingerprint density at radius 2 is 2.27 bits per heavy atom. The molecule has 0 aliphatic heterocycles. The number of rotatable bonds is 6. The van der Waals surface area contributed by atoms with Gasteiger partial charge in [-0.2, -0.15) is 0 Å². The number of carbonyl (C=O) groups is 1. The lowest BCUT2D eigenvalue weighted by Gasteiger charge is -2.15. The van der Waals surface area contributed by atoms with Crippen molar-refractivity contribution in [3.05, 3.63) is 45.5 Å². The number of carbonyl (C=O) groups excluding carboxylic acids is 1. The fraction of sp³-hybridized carbons (Fsp3) is 0.368. The molecule has 0 bridgehead atoms. The Morgan fingerprint density at radius 1 is 1.46 bits per heavy atom. The number of nitrogens with one attached hydrogen (secondary N) is 2. The molecule has 0 unspecified atom stereocenters. The molecule has 136 valence electrons. The second-order valence-electron chi connectivity index (χ2n) is 7.12. The van der Waals surface area contributed by atoms with E-state index in [-0.39, 0.29) is 17.4 Å². The van der Waals surface area contributed by atoms with E-state index in [0.717, 1.165) is 35.1 Å². The summed E-state index contributed by atoms with van der Waals surface area (Å²) in [5, 5.41) is 6.59. The van der Waals surface area contributed by atoms with Gasteiger partial charge in [0.2, 0.25) is 5.91 Å². The number of ether oxygens (including phenoxy) is 1. The second-order valence-corrected chi connectivity index (χ2v) is 8.24. The molecule has 2 heterocycles. The lowest BCUT2D eigenvalue weighted by atomic mass is 10.1. The summed E-state index contributed by atoms with van der Waals surface area (Å²) in [4.78, 5) is 19.8. The minimum atomic E-state index is -0.180. The monoisotopic (exact) mass is 389 g/mol. The second kappa shape index (κ2) is 6.59. The maximum absolute atomic E-state index is 12.3. The largest absolute Gasteiger partial charge is 0.486 e. The van der Waals surface area contributed by atoms with Gasteiger partial charge in [0, 0.05) is 33.5 Å². The van der Waals surface area contributed by atoms with Gasteiger partial charge >= 0.3 is 0 Å². The lowest BCUT2D eigenvalue weighted by molar-refractivity contribution is -0.126. The first-order chi connectivity index (χ1) is 12.4. The van der Waals surface area contributed by atoms with Gasteiger partial charge in [-0.1, -0.05) is 18.5 Å². The van der Waals surface area contributed by atoms with Crippen molar-refractivity contribution in [2.45, 2.75) is 39.3 Å². The third kappa shape index (κ3) is 3.44. The minimum absolute atomic E-state index is 0.0922. The molecule has 4 rings (SSSR count). The quantitative estimate of drug-likeness (QED) is 0.634. The van der Waals surface area contributed by atoms with E-state index in [2.05, 4.69) is 15.3 Å². The molecule has 1 atom stereocenters. The van der Waals surface area contributed by atoms with Crippen LogP contribution in [0.4, 0.5) is 0 Å². The molecule has 1 aliphatic carbocycles. The molecular weight excluding hydrogens is 370 g/mol. The average Bonchev–Trinajstić information content (AvgIpc) is 3.01. The van der Waals surface area contributed by atoms with Crippen LogP contribution in [0.2, 0.25) is 5.02 Å². The molecule has 0 saturated heterocycles. The van der Waals surface area contributed by atoms with E-state index < -0.39 is 0 Å². The molecule has 0 radical (unpaired) electrons. The minimum Gasteiger partial charge on any atom is -0.486 e. The predicted molar refractivity (Wildman–Crippen MR) is 104 cm³/mol. The van der Waals surface area contributed by atoms with E-state index in [4.69, 9.17) is 16.3 Å². The standard InChI is InChI=1S/C19H20ClN3O2S/c1-11(22-18(24)19(2)3-4-19)15-6-12-5-14(20)17(7-16(12)23-15)25-8-13-9-26-10-21-13/h5-7,9-11,23H,3-4,8H2,1-2H3,(H,22,24)/t11-/m0/s1. The Bertz CT molecular complexity index is 947. The van der Waals surface area contributed by atoms with Crippen LogP contribution in [0.1, 0.15) is 44.1 Å². The highest BCUT2D eigenvalue weighted by Crippen LogP contribution is 2.45. The Kier molecular flexibility index (Phi) is 4.40. The van der Waals surface area contributed by atoms with Gasteiger partial charge in [-0.3, -0.25) is 4.79 Å². The highest BCUT2D eigenvalue weighted by Gasteiger charge is 2.45. The number of nitrogens with zero attached hydrogens (tertiary/aromatic N) is 1. The summed E-state index contributed by atoms with van der Waals surface area (Å²) in [7, 11) is 0. The van der Waals surface area contributed by atoms with Crippen molar-refractivity contribution >= 4 is 39.7 Å². The number of benzene rings is 1. The molecule has 2 N–H and O–H groups in total. The van der Waals surface area contributed by atoms with E-state index >= 15 is 0 Å². The van der Waals surface area contributed by atoms with Crippen molar-refractivity contribution in [1.29, 1.82) is 0 Å². The number of thiazole rings is 1. The maximum Gasteiger partial charge on any atom is 0.226 e. The molecule has 26 heavy (non-hydrogen) atoms. The third-order valence-corrected chi connectivity index (χ3v) is 5.85. The number of H-pyrrole nitrogens is 1. The Balaban J connectivity index is 1.51. The number of fused-ring (bicyclic) bond motifs is 1. The van der Waals surface area contributed by atoms with Crippen LogP contribution in [0.3, 0.4) is 0 Å². The van der Waals surface area contributed by atoms with Crippen molar-refractivity contribution in [2.24, 2.45) is 5.41 Å². The number of halogens is 1. The first kappa shape index (κ1) is 17.4. The van der Waals surface area contributed by atoms with Crippen LogP contribution in [0, 0.1) is 5.41 Å². The maximum atomic E-state index is 12.3. The molecular formula is C19H20ClN3O2S. The van der Waals surface area contributed by atoms with Crippen LogP contribution >= 0.6 is 22.9 Å². The highest BCUT2D eigenvalue weighted by atomic mass is 35.5. The summed E-state index contributed by atoms with van der Waals surface area (Å²) in [6.45, 7) is 4.37. The zero-order chi connectivity index (χ0) is 18.3. The van der Waals surface area contributed by atoms with Gasteiger partial charge in [0.25, 0.3) is 0 Å². The van der Waals surface area contributed by atoms with Crippen molar-refractivity contribution in [3.63, 3.8) is 0 Å². The molecule has 1 aliphatic rings. The molecule has 1 amide bonds. The number of hydrogen-bond donors (Lipinski definition) is 2. The Morgan fingerprint density at radius 3 is 2.96 bits per heavy atom. The molecule has 1 fully saturated rings. The van der Waals surface area contributed by atoms with Crippen LogP contribution < -0.4 is 10.1 Å². The first-order valence-electron chi connectivity index (χ1n) is 8.58. The van der Waals surface area contributed by atoms with E-state index in [1.54, 1.807) is 5.51 Å². The number of aromatic nitrogens is 2. The molecule has 0 spiro atoms. The van der Waals surface area contributed by atoms with Crippen molar-refractivity contribution < 1.29 is 9.53 Å². The van der Waals surface area contributed by atoms with Gasteiger partial charge in [-0.15, -0.1) is 11.3 Å². The summed E-state index contributed by atoms with van der Waals surface area (Å²) in [6, 6.07) is 5.70. The van der Waals surface area contributed by atoms with E-state index in [9.17, 15) is 4.79 Å². The summed E-state index contributed by atoms with van der Waals surface area (Å²) >= 11 is 7.89. The fourth-order valence-electron chi connectivity index (χ4n) is 2.82. The zero-order valence-electron chi connectivity index (χ0n) is 14.6. The Hall–Kier alpha value is -2.05. The predicted octanol–water partition coefficient (Wildman–Crippen LogP) is 4.83. The van der Waals surface area contributed by atoms with E-state index in [1.807, 2.05) is 37.4 Å². The molecule has 1 aromatic carbocycles. The van der Waals surface area contributed by atoms with Crippen molar-refractivity contribution in [2.75, 3.05) is 0 Å². The average molecular weight is 390 g/mol. The van der Waals surface area contributed by atoms with Crippen LogP contribution in [0.15, 0.2) is 29.1 Å². The highest BCUT2D eigenvalue weighted by molar-refractivity contribution is 7.07. The van der Waals surface area contributed by atoms with Crippen LogP contribution in [-0.4, -0.2) is 15.9 Å². The summed E-state index contributed by atoms with van der Waals surface area (Å²) < 4.78 is 5.80. The van der Waals surface area contributed by atoms with Crippen LogP contribution in [0.5, 0.6) is 5.75 Å². The van der Waals surface area contributed by atoms with E-state index in [1.165, 1.54) is 11.3 Å². The normalized spacial score (nSPS) is 16.4. The van der Waals surface area contributed by atoms with Gasteiger partial charge in [-0.25, -0.2) is 4.98 Å². The summed E-state index contributed by atoms with van der Waals surface area (Å²) in [6.07, 6.45) is 1.93. The third-order valence-electron chi connectivity index (χ3n) is 4.92. The summed E-state index contributed by atoms with van der Waals surface area (Å²) in [5.74, 6) is 0.733. The first-order valence-corrected chi connectivity index (χ1v) is 9.90. The Labute approximate surface area is 160 Å². The van der Waals surface area contributed by atoms with Gasteiger partial charge in [0.1, 0.15) is 12.4 Å². The molecule has 2 aromatic heterocycles. The van der Waals surface area contributed by atoms with Gasteiger partial charge in [0.05, 0.1) is 22.3 Å². The zero-order valence-corrected chi connectivity index (χ0v) is 16.2. The van der Waals surface area contributed by atoms with Crippen molar-refractivity contribution in [3.8, 4) is 5.75 Å². The SMILES string of the molecule is C[C@H](NC(=O)C1(C)CC1)c1cc2cc(Cl)c(OCc3cscn3)cc2[nH]1. The molecule has 3 aromatic rings. The van der Waals surface area contributed by atoms with Crippen molar-refractivity contribution in [1.82, 2.24) is 15.3 Å². The topological polar surface area (TPSA) is 67.0 Å². The lowest BCUT2D eigenvalue weighted by Crippen LogP contribution is -2.32. The van der Waals surface area contributed by atoms with Gasteiger partial charge < -0.3 is 15.0 Å². The molecule has 1 saturated carbocycles. The number of aromatic amines is 1. The summed E-state index contributed by atoms with van der Waals surface area (Å²) in [5.41, 5.74) is 4.35. The molecule has 5 nitrogen and oxygen atoms in total. The van der Waals surface area contributed by atoms with Crippen LogP contribution in [-0.2, 0) is 11.4 Å². The van der Waals surface area contributed by atoms with E-state index in [0.29, 0.717) is 17.4 Å². The molecule has 7 heteroatoms. The number of amides is 1. The van der Waals surface area contributed by atoms with Gasteiger partial charge in [0.15, 0.2) is 0 Å². The number of hydrogen-bond acceptors (Lipinski definition) is 4. The van der Waals surface area contributed by atoms with Gasteiger partial charge in [-0.05, 0) is 31.9 Å².